The molecule has 0 radical (unpaired) electrons. The number of benzene rings is 4. The molecule has 4 aromatic carbocycles. The zero-order valence-corrected chi connectivity index (χ0v) is 46.2. The van der Waals surface area contributed by atoms with Gasteiger partial charge in [0.05, 0.1) is 53.0 Å². The molecule has 1 aliphatic rings. The summed E-state index contributed by atoms with van der Waals surface area (Å²) in [4.78, 5) is 32.6. The molecule has 0 bridgehead atoms. The summed E-state index contributed by atoms with van der Waals surface area (Å²) < 4.78 is 104. The number of aromatic nitrogens is 10. The van der Waals surface area contributed by atoms with Gasteiger partial charge in [0.1, 0.15) is 11.4 Å². The Morgan fingerprint density at radius 2 is 1.11 bits per heavy atom. The number of nitrogens with one attached hydrogen (secondary N) is 1. The van der Waals surface area contributed by atoms with Crippen molar-refractivity contribution in [3.8, 4) is 33.9 Å². The second-order valence-electron chi connectivity index (χ2n) is 20.3. The number of hydrogen-bond acceptors (Lipinski definition) is 12. The minimum Gasteiger partial charge on any atom is -0.381 e. The van der Waals surface area contributed by atoms with Crippen LogP contribution < -0.4 is 10.2 Å². The fourth-order valence-electron chi connectivity index (χ4n) is 9.43. The largest absolute Gasteiger partial charge is 0.419 e. The standard InChI is InChI=1S/C30H34F3N7O.C27H29F4N7O/c1-6-38-9-11-39(12-10-38)28-16-23(15-25(20(28)3)30(31,32)33)29(41)14-22-8-7-19(2)27(13-22)40-18-26(35-36-40)24-17-34-37(5)21(24)4;1-16-6-7-18(10-24(16)38-15-23(34-35-38)20-14-33-37(5)17(20)2)11-25(39)19-12-21(27(29,30)31)26(28)22(13-19)32-8-9-36(3)4/h7-8,13,15-18H,6,9-12,14H2,1-5H3;6-7,10,12-15,32H,8-9,11H2,1-5H3. The zero-order valence-electron chi connectivity index (χ0n) is 46.2. The molecule has 422 valence electrons. The normalized spacial score (nSPS) is 13.2. The third-order valence-electron chi connectivity index (χ3n) is 14.5. The SMILES string of the molecule is CCN1CCN(c2cc(C(=O)Cc3ccc(C)c(-n4cc(-c5cnn(C)c5C)nn4)c3)cc(C(F)(F)F)c2C)CC1.Cc1ccc(CC(=O)c2cc(NCCN(C)C)c(F)c(C(F)(F)F)c2)cc1-n1cc(-c2cnn(C)c2C)nn1. The maximum absolute atomic E-state index is 14.7. The first kappa shape index (κ1) is 58.1. The quantitative estimate of drug-likeness (QED) is 0.0724. The van der Waals surface area contributed by atoms with Crippen LogP contribution in [0.15, 0.2) is 85.5 Å². The van der Waals surface area contributed by atoms with Crippen molar-refractivity contribution in [1.82, 2.24) is 59.3 Å². The van der Waals surface area contributed by atoms with Crippen LogP contribution in [0.25, 0.3) is 33.9 Å². The third-order valence-corrected chi connectivity index (χ3v) is 14.5. The van der Waals surface area contributed by atoms with Gasteiger partial charge in [-0.3, -0.25) is 19.0 Å². The van der Waals surface area contributed by atoms with Gasteiger partial charge in [-0.1, -0.05) is 41.6 Å². The van der Waals surface area contributed by atoms with E-state index in [9.17, 15) is 40.3 Å². The van der Waals surface area contributed by atoms with Gasteiger partial charge in [-0.25, -0.2) is 13.8 Å². The monoisotopic (exact) mass is 1110 g/mol. The van der Waals surface area contributed by atoms with Crippen LogP contribution in [0.1, 0.15) is 78.0 Å². The highest BCUT2D eigenvalue weighted by Crippen LogP contribution is 2.39. The molecule has 0 atom stereocenters. The number of piperazine rings is 1. The molecular formula is C57H63F7N14O2. The lowest BCUT2D eigenvalue weighted by atomic mass is 9.95. The number of likely N-dealkylation sites (N-methyl/N-ethyl adjacent to an activating group) is 2. The minimum absolute atomic E-state index is 0.0417. The van der Waals surface area contributed by atoms with Gasteiger partial charge in [0.25, 0.3) is 0 Å². The van der Waals surface area contributed by atoms with E-state index in [1.165, 1.54) is 6.92 Å². The van der Waals surface area contributed by atoms with E-state index in [0.717, 1.165) is 71.1 Å². The summed E-state index contributed by atoms with van der Waals surface area (Å²) in [6.45, 7) is 15.6. The van der Waals surface area contributed by atoms with Crippen LogP contribution in [0.2, 0.25) is 0 Å². The number of Topliss-reactive ketones (excluding diaryl/α,β-unsaturated/α-hetero) is 2. The fraction of sp³-hybridized carbons (Fsp3) is 0.368. The number of ketones is 2. The van der Waals surface area contributed by atoms with Gasteiger partial charge in [-0.2, -0.15) is 36.5 Å². The summed E-state index contributed by atoms with van der Waals surface area (Å²) in [5.74, 6) is -2.37. The Labute approximate surface area is 458 Å². The van der Waals surface area contributed by atoms with Gasteiger partial charge in [0, 0.05) is 106 Å². The van der Waals surface area contributed by atoms with Gasteiger partial charge >= 0.3 is 12.4 Å². The molecule has 8 aromatic rings. The van der Waals surface area contributed by atoms with Gasteiger partial charge in [-0.15, -0.1) is 10.2 Å². The smallest absolute Gasteiger partial charge is 0.381 e. The number of nitrogens with zero attached hydrogens (tertiary/aromatic N) is 13. The maximum atomic E-state index is 14.7. The van der Waals surface area contributed by atoms with Crippen LogP contribution in [0, 0.1) is 40.4 Å². The predicted octanol–water partition coefficient (Wildman–Crippen LogP) is 10.0. The molecule has 0 spiro atoms. The molecule has 16 nitrogen and oxygen atoms in total. The molecule has 0 saturated carbocycles. The Morgan fingerprint density at radius 3 is 1.55 bits per heavy atom. The number of alkyl halides is 6. The lowest BCUT2D eigenvalue weighted by Gasteiger charge is -2.37. The number of halogens is 7. The molecule has 23 heteroatoms. The topological polar surface area (TPSA) is 153 Å². The summed E-state index contributed by atoms with van der Waals surface area (Å²) >= 11 is 0. The molecule has 80 heavy (non-hydrogen) atoms. The number of carbonyl (C=O) groups is 2. The number of carbonyl (C=O) groups excluding carboxylic acids is 2. The number of aryl methyl sites for hydroxylation is 4. The molecule has 1 fully saturated rings. The highest BCUT2D eigenvalue weighted by atomic mass is 19.4. The van der Waals surface area contributed by atoms with Crippen molar-refractivity contribution >= 4 is 22.9 Å². The summed E-state index contributed by atoms with van der Waals surface area (Å²) in [5, 5.41) is 28.2. The summed E-state index contributed by atoms with van der Waals surface area (Å²) in [6.07, 6.45) is -2.75. The van der Waals surface area contributed by atoms with Gasteiger partial charge < -0.3 is 20.0 Å². The molecule has 1 aliphatic heterocycles. The first-order valence-corrected chi connectivity index (χ1v) is 25.9. The van der Waals surface area contributed by atoms with Crippen LogP contribution in [0.3, 0.4) is 0 Å². The van der Waals surface area contributed by atoms with Crippen LogP contribution in [-0.4, -0.2) is 131 Å². The third kappa shape index (κ3) is 13.0. The number of rotatable bonds is 16. The van der Waals surface area contributed by atoms with E-state index in [4.69, 9.17) is 0 Å². The van der Waals surface area contributed by atoms with Crippen molar-refractivity contribution < 1.29 is 40.3 Å². The van der Waals surface area contributed by atoms with E-state index < -0.39 is 35.1 Å². The minimum atomic E-state index is -4.95. The molecule has 4 aromatic heterocycles. The van der Waals surface area contributed by atoms with Crippen LogP contribution >= 0.6 is 0 Å². The summed E-state index contributed by atoms with van der Waals surface area (Å²) in [5.41, 5.74) is 7.17. The van der Waals surface area contributed by atoms with Gasteiger partial charge in [-0.05, 0) is 119 Å². The Hall–Kier alpha value is -8.05. The molecule has 0 aliphatic carbocycles. The summed E-state index contributed by atoms with van der Waals surface area (Å²) in [7, 11) is 7.26. The maximum Gasteiger partial charge on any atom is 0.419 e. The van der Waals surface area contributed by atoms with Gasteiger partial charge in [0.15, 0.2) is 17.4 Å². The molecule has 1 N–H and O–H groups in total. The van der Waals surface area contributed by atoms with Crippen LogP contribution in [0.4, 0.5) is 42.1 Å². The second-order valence-corrected chi connectivity index (χ2v) is 20.3. The van der Waals surface area contributed by atoms with Crippen LogP contribution in [0.5, 0.6) is 0 Å². The second kappa shape index (κ2) is 23.7. The molecular weight excluding hydrogens is 1050 g/mol. The van der Waals surface area contributed by atoms with Crippen molar-refractivity contribution in [2.75, 3.05) is 70.1 Å². The van der Waals surface area contributed by atoms with Gasteiger partial charge in [0.2, 0.25) is 0 Å². The van der Waals surface area contributed by atoms with E-state index >= 15 is 0 Å². The average Bonchev–Trinajstić information content (AvgIpc) is 4.26. The molecule has 9 rings (SSSR count). The van der Waals surface area contributed by atoms with E-state index in [-0.39, 0.29) is 47.5 Å². The van der Waals surface area contributed by atoms with E-state index in [1.54, 1.807) is 86.8 Å². The molecule has 5 heterocycles. The number of hydrogen-bond donors (Lipinski definition) is 1. The predicted molar refractivity (Wildman–Crippen MR) is 291 cm³/mol. The van der Waals surface area contributed by atoms with E-state index in [0.29, 0.717) is 59.6 Å². The van der Waals surface area contributed by atoms with Crippen molar-refractivity contribution in [3.05, 3.63) is 153 Å². The fourth-order valence-corrected chi connectivity index (χ4v) is 9.43. The lowest BCUT2D eigenvalue weighted by Crippen LogP contribution is -2.46. The van der Waals surface area contributed by atoms with Crippen molar-refractivity contribution in [2.24, 2.45) is 14.1 Å². The van der Waals surface area contributed by atoms with Crippen LogP contribution in [-0.2, 0) is 39.3 Å². The van der Waals surface area contributed by atoms with Crippen molar-refractivity contribution in [2.45, 2.75) is 66.7 Å². The van der Waals surface area contributed by atoms with Crippen molar-refractivity contribution in [1.29, 1.82) is 0 Å². The lowest BCUT2D eigenvalue weighted by molar-refractivity contribution is -0.140. The first-order valence-electron chi connectivity index (χ1n) is 25.9. The van der Waals surface area contributed by atoms with E-state index in [1.807, 2.05) is 64.9 Å². The Bertz CT molecular complexity index is 3540. The summed E-state index contributed by atoms with van der Waals surface area (Å²) in [6, 6.07) is 15.1. The molecule has 1 saturated heterocycles. The number of anilines is 2. The average molecular weight is 1110 g/mol. The zero-order chi connectivity index (χ0) is 58.0. The first-order chi connectivity index (χ1) is 37.8. The van der Waals surface area contributed by atoms with Crippen molar-refractivity contribution in [3.63, 3.8) is 0 Å². The highest BCUT2D eigenvalue weighted by molar-refractivity contribution is 5.99. The Balaban J connectivity index is 0.000000211. The van der Waals surface area contributed by atoms with E-state index in [2.05, 4.69) is 48.0 Å². The Morgan fingerprint density at radius 1 is 0.637 bits per heavy atom. The Kier molecular flexibility index (Phi) is 17.2. The highest BCUT2D eigenvalue weighted by Gasteiger charge is 2.37. The molecule has 0 amide bonds. The molecule has 0 unspecified atom stereocenters.